The normalized spacial score (nSPS) is 15.3. The zero-order chi connectivity index (χ0) is 19.4. The number of carbonyl (C=O) groups is 2. The largest absolute Gasteiger partial charge is 0.364 e. The van der Waals surface area contributed by atoms with Gasteiger partial charge >= 0.3 is 0 Å². The van der Waals surface area contributed by atoms with Crippen molar-refractivity contribution in [3.8, 4) is 0 Å². The van der Waals surface area contributed by atoms with E-state index >= 15 is 0 Å². The minimum Gasteiger partial charge on any atom is -0.364 e. The van der Waals surface area contributed by atoms with Crippen molar-refractivity contribution in [2.24, 2.45) is 5.73 Å². The maximum Gasteiger partial charge on any atom is 0.269 e. The fourth-order valence-corrected chi connectivity index (χ4v) is 4.19. The molecule has 0 saturated carbocycles. The van der Waals surface area contributed by atoms with Crippen molar-refractivity contribution < 1.29 is 9.59 Å². The average molecular weight is 387 g/mol. The van der Waals surface area contributed by atoms with Gasteiger partial charge in [-0.15, -0.1) is 11.8 Å². The predicted octanol–water partition coefficient (Wildman–Crippen LogP) is 2.96. The molecule has 0 radical (unpaired) electrons. The number of amides is 2. The molecule has 3 N–H and O–H groups in total. The molecule has 2 amide bonds. The number of carbonyl (C=O) groups excluding carboxylic acids is 2. The average Bonchev–Trinajstić information content (AvgIpc) is 3.13. The lowest BCUT2D eigenvalue weighted by molar-refractivity contribution is -0.131. The van der Waals surface area contributed by atoms with E-state index in [1.165, 1.54) is 4.90 Å². The highest BCUT2D eigenvalue weighted by Gasteiger charge is 2.25. The fraction of sp³-hybridized carbons (Fsp3) is 0.450. The molecule has 7 heteroatoms. The van der Waals surface area contributed by atoms with Gasteiger partial charge in [0.1, 0.15) is 5.69 Å². The van der Waals surface area contributed by atoms with E-state index in [1.54, 1.807) is 6.07 Å². The van der Waals surface area contributed by atoms with E-state index in [4.69, 9.17) is 5.73 Å². The monoisotopic (exact) mass is 386 g/mol. The van der Waals surface area contributed by atoms with E-state index in [9.17, 15) is 9.59 Å². The van der Waals surface area contributed by atoms with E-state index in [0.29, 0.717) is 11.7 Å². The first kappa shape index (κ1) is 19.5. The van der Waals surface area contributed by atoms with Gasteiger partial charge in [-0.25, -0.2) is 0 Å². The third-order valence-electron chi connectivity index (χ3n) is 4.79. The number of rotatable bonds is 6. The van der Waals surface area contributed by atoms with Gasteiger partial charge in [0.05, 0.1) is 6.42 Å². The Morgan fingerprint density at radius 3 is 2.48 bits per heavy atom. The number of nitrogens with one attached hydrogen (secondary N) is 1. The summed E-state index contributed by atoms with van der Waals surface area (Å²) in [4.78, 5) is 26.9. The summed E-state index contributed by atoms with van der Waals surface area (Å²) in [6.45, 7) is 5.78. The highest BCUT2D eigenvalue weighted by Crippen LogP contribution is 2.28. The number of nitrogens with two attached hydrogens (primary N) is 1. The van der Waals surface area contributed by atoms with Gasteiger partial charge < -0.3 is 10.6 Å². The quantitative estimate of drug-likeness (QED) is 0.747. The molecular formula is C20H26N4O2S. The second-order valence-corrected chi connectivity index (χ2v) is 8.87. The van der Waals surface area contributed by atoms with Crippen LogP contribution in [0.1, 0.15) is 54.4 Å². The highest BCUT2D eigenvalue weighted by molar-refractivity contribution is 7.99. The topological polar surface area (TPSA) is 92.1 Å². The van der Waals surface area contributed by atoms with Crippen molar-refractivity contribution in [3.63, 3.8) is 0 Å². The molecule has 0 unspecified atom stereocenters. The lowest BCUT2D eigenvalue weighted by Crippen LogP contribution is -2.38. The molecule has 2 aromatic rings. The van der Waals surface area contributed by atoms with E-state index in [0.717, 1.165) is 37.2 Å². The van der Waals surface area contributed by atoms with Gasteiger partial charge in [0.25, 0.3) is 5.91 Å². The Balaban J connectivity index is 1.51. The number of likely N-dealkylation sites (tertiary alicyclic amines) is 1. The number of H-pyrrole nitrogens is 1. The summed E-state index contributed by atoms with van der Waals surface area (Å²) < 4.78 is 0. The molecule has 3 rings (SSSR count). The Morgan fingerprint density at radius 1 is 1.26 bits per heavy atom. The lowest BCUT2D eigenvalue weighted by atomic mass is 9.93. The molecule has 1 fully saturated rings. The molecule has 1 aliphatic heterocycles. The number of hydrogen-bond donors (Lipinski definition) is 2. The van der Waals surface area contributed by atoms with Crippen LogP contribution < -0.4 is 5.73 Å². The van der Waals surface area contributed by atoms with Crippen molar-refractivity contribution >= 4 is 23.6 Å². The van der Waals surface area contributed by atoms with Crippen LogP contribution in [0.5, 0.6) is 0 Å². The smallest absolute Gasteiger partial charge is 0.269 e. The maximum atomic E-state index is 12.6. The Morgan fingerprint density at radius 2 is 1.93 bits per heavy atom. The van der Waals surface area contributed by atoms with E-state index < -0.39 is 5.91 Å². The molecule has 1 aromatic heterocycles. The van der Waals surface area contributed by atoms with Crippen LogP contribution in [0.4, 0.5) is 0 Å². The Bertz CT molecular complexity index is 793. The lowest BCUT2D eigenvalue weighted by Gasteiger charge is -2.31. The van der Waals surface area contributed by atoms with Crippen molar-refractivity contribution in [1.82, 2.24) is 15.1 Å². The third kappa shape index (κ3) is 5.13. The molecule has 6 nitrogen and oxygen atoms in total. The number of hydrogen-bond acceptors (Lipinski definition) is 4. The van der Waals surface area contributed by atoms with E-state index in [1.807, 2.05) is 28.8 Å². The van der Waals surface area contributed by atoms with E-state index in [-0.39, 0.29) is 17.5 Å². The number of piperidine rings is 1. The van der Waals surface area contributed by atoms with E-state index in [2.05, 4.69) is 36.2 Å². The molecule has 0 atom stereocenters. The number of nitrogens with zero attached hydrogens (tertiary/aromatic N) is 2. The minimum atomic E-state index is -0.525. The van der Waals surface area contributed by atoms with Crippen molar-refractivity contribution in [1.29, 1.82) is 0 Å². The summed E-state index contributed by atoms with van der Waals surface area (Å²) in [7, 11) is 0. The number of aromatic amines is 1. The first-order chi connectivity index (χ1) is 12.9. The molecule has 2 heterocycles. The second kappa shape index (κ2) is 8.61. The third-order valence-corrected chi connectivity index (χ3v) is 5.80. The maximum absolute atomic E-state index is 12.6. The molecule has 1 saturated heterocycles. The van der Waals surface area contributed by atoms with Gasteiger partial charge in [-0.2, -0.15) is 5.10 Å². The minimum absolute atomic E-state index is 0.167. The van der Waals surface area contributed by atoms with Gasteiger partial charge in [0.15, 0.2) is 0 Å². The first-order valence-electron chi connectivity index (χ1n) is 9.31. The van der Waals surface area contributed by atoms with Gasteiger partial charge in [0, 0.05) is 34.8 Å². The predicted molar refractivity (Wildman–Crippen MR) is 107 cm³/mol. The van der Waals surface area contributed by atoms with Crippen LogP contribution in [0.25, 0.3) is 0 Å². The molecule has 1 aromatic carbocycles. The molecular weight excluding hydrogens is 360 g/mol. The van der Waals surface area contributed by atoms with Crippen LogP contribution in [0.3, 0.4) is 0 Å². The van der Waals surface area contributed by atoms with Crippen molar-refractivity contribution in [2.75, 3.05) is 13.1 Å². The van der Waals surface area contributed by atoms with Gasteiger partial charge in [-0.05, 0) is 36.6 Å². The summed E-state index contributed by atoms with van der Waals surface area (Å²) in [6.07, 6.45) is 2.15. The number of benzene rings is 1. The van der Waals surface area contributed by atoms with Crippen LogP contribution in [0.2, 0.25) is 0 Å². The van der Waals surface area contributed by atoms with Gasteiger partial charge in [0.2, 0.25) is 5.91 Å². The summed E-state index contributed by atoms with van der Waals surface area (Å²) in [5.41, 5.74) is 7.49. The zero-order valence-corrected chi connectivity index (χ0v) is 16.6. The summed E-state index contributed by atoms with van der Waals surface area (Å²) >= 11 is 1.82. The fourth-order valence-electron chi connectivity index (χ4n) is 3.36. The van der Waals surface area contributed by atoms with Gasteiger partial charge in [-0.3, -0.25) is 14.7 Å². The molecule has 0 aliphatic carbocycles. The second-order valence-electron chi connectivity index (χ2n) is 7.22. The van der Waals surface area contributed by atoms with Crippen LogP contribution >= 0.6 is 11.8 Å². The van der Waals surface area contributed by atoms with Crippen molar-refractivity contribution in [2.45, 2.75) is 49.2 Å². The summed E-state index contributed by atoms with van der Waals surface area (Å²) in [6, 6.07) is 10.00. The van der Waals surface area contributed by atoms with Crippen molar-refractivity contribution in [3.05, 3.63) is 47.3 Å². The number of primary amides is 1. The molecule has 144 valence electrons. The molecule has 1 aliphatic rings. The zero-order valence-electron chi connectivity index (χ0n) is 15.8. The highest BCUT2D eigenvalue weighted by atomic mass is 32.2. The molecule has 0 spiro atoms. The van der Waals surface area contributed by atoms with Crippen LogP contribution in [-0.2, 0) is 11.2 Å². The van der Waals surface area contributed by atoms with Gasteiger partial charge in [-0.1, -0.05) is 26.0 Å². The van der Waals surface area contributed by atoms with Crippen LogP contribution in [0.15, 0.2) is 35.2 Å². The molecule has 27 heavy (non-hydrogen) atoms. The summed E-state index contributed by atoms with van der Waals surface area (Å²) in [5, 5.41) is 7.40. The Labute approximate surface area is 163 Å². The van der Waals surface area contributed by atoms with Crippen LogP contribution in [0, 0.1) is 0 Å². The molecule has 0 bridgehead atoms. The first-order valence-corrected chi connectivity index (χ1v) is 10.2. The Kier molecular flexibility index (Phi) is 6.21. The number of aromatic nitrogens is 2. The summed E-state index contributed by atoms with van der Waals surface area (Å²) in [5.74, 6) is -0.0786. The SMILES string of the molecule is CC(C)Sc1ccc(CC(=O)N2CCC(c3cc(C(N)=O)n[nH]3)CC2)cc1. The standard InChI is InChI=1S/C20H26N4O2S/c1-13(2)27-16-5-3-14(4-6-16)11-19(25)24-9-7-15(8-10-24)17-12-18(20(21)26)23-22-17/h3-6,12-13,15H,7-11H2,1-2H3,(H2,21,26)(H,22,23). The van der Waals surface area contributed by atoms with Crippen LogP contribution in [-0.4, -0.2) is 45.3 Å². The Hall–Kier alpha value is -2.28. The number of thioether (sulfide) groups is 1.